The Hall–Kier alpha value is -4.65. The number of Topliss-reactive ketones (excluding diaryl/α,β-unsaturated/α-hetero) is 1. The van der Waals surface area contributed by atoms with Gasteiger partial charge in [-0.3, -0.25) is 9.59 Å². The van der Waals surface area contributed by atoms with Crippen molar-refractivity contribution in [2.45, 2.75) is 26.7 Å². The summed E-state index contributed by atoms with van der Waals surface area (Å²) in [6.45, 7) is 5.62. The molecule has 4 aromatic rings. The molecule has 2 heterocycles. The normalized spacial score (nSPS) is 14.6. The molecule has 1 atom stereocenters. The third kappa shape index (κ3) is 4.16. The van der Waals surface area contributed by atoms with Crippen molar-refractivity contribution in [3.8, 4) is 28.4 Å². The lowest BCUT2D eigenvalue weighted by atomic mass is 9.84. The molecule has 0 bridgehead atoms. The minimum Gasteiger partial charge on any atom is -0.497 e. The van der Waals surface area contributed by atoms with Crippen LogP contribution in [0.15, 0.2) is 72.8 Å². The molecule has 7 heteroatoms. The standard InChI is InChI=1S/C31H27NO6/c1-5-37-30(34)25-19(3)32(21-14-10-18(2)11-15-21)28(20-12-16-22(36-4)17-13-20)26(25)27-29(33)23-8-6-7-9-24(23)38-31(27)35/h6-17,27H,5H2,1-4H3. The molecule has 38 heavy (non-hydrogen) atoms. The molecule has 0 saturated carbocycles. The molecular weight excluding hydrogens is 482 g/mol. The lowest BCUT2D eigenvalue weighted by Gasteiger charge is -2.24. The zero-order valence-electron chi connectivity index (χ0n) is 21.6. The van der Waals surface area contributed by atoms with Gasteiger partial charge in [-0.05, 0) is 74.9 Å². The molecule has 1 unspecified atom stereocenters. The Morgan fingerprint density at radius 2 is 1.63 bits per heavy atom. The summed E-state index contributed by atoms with van der Waals surface area (Å²) >= 11 is 0. The van der Waals surface area contributed by atoms with E-state index < -0.39 is 23.6 Å². The van der Waals surface area contributed by atoms with Gasteiger partial charge >= 0.3 is 11.9 Å². The molecule has 0 amide bonds. The number of para-hydroxylation sites is 1. The van der Waals surface area contributed by atoms with Crippen LogP contribution in [0.5, 0.6) is 11.5 Å². The Bertz CT molecular complexity index is 1550. The average Bonchev–Trinajstić information content (AvgIpc) is 3.21. The number of carbonyl (C=O) groups excluding carboxylic acids is 3. The number of aryl methyl sites for hydroxylation is 1. The largest absolute Gasteiger partial charge is 0.497 e. The van der Waals surface area contributed by atoms with Crippen molar-refractivity contribution in [2.75, 3.05) is 13.7 Å². The van der Waals surface area contributed by atoms with E-state index in [1.807, 2.05) is 47.9 Å². The van der Waals surface area contributed by atoms with Crippen LogP contribution in [-0.2, 0) is 9.53 Å². The van der Waals surface area contributed by atoms with Gasteiger partial charge in [0, 0.05) is 16.9 Å². The number of rotatable bonds is 6. The number of hydrogen-bond acceptors (Lipinski definition) is 6. The smallest absolute Gasteiger partial charge is 0.340 e. The van der Waals surface area contributed by atoms with Gasteiger partial charge in [0.15, 0.2) is 5.78 Å². The molecule has 0 aliphatic carbocycles. The number of esters is 2. The fourth-order valence-corrected chi connectivity index (χ4v) is 4.94. The summed E-state index contributed by atoms with van der Waals surface area (Å²) in [6, 6.07) is 21.7. The van der Waals surface area contributed by atoms with Crippen LogP contribution in [0, 0.1) is 13.8 Å². The molecular formula is C31H27NO6. The number of ether oxygens (including phenoxy) is 3. The van der Waals surface area contributed by atoms with Gasteiger partial charge in [-0.25, -0.2) is 4.79 Å². The van der Waals surface area contributed by atoms with E-state index in [4.69, 9.17) is 14.2 Å². The first kappa shape index (κ1) is 25.0. The lowest BCUT2D eigenvalue weighted by Crippen LogP contribution is -2.33. The summed E-state index contributed by atoms with van der Waals surface area (Å²) in [6.07, 6.45) is 0. The molecule has 1 aliphatic rings. The first-order valence-electron chi connectivity index (χ1n) is 12.3. The van der Waals surface area contributed by atoms with Crippen molar-refractivity contribution in [3.63, 3.8) is 0 Å². The Kier molecular flexibility index (Phi) is 6.59. The second-order valence-electron chi connectivity index (χ2n) is 9.06. The Balaban J connectivity index is 1.86. The molecule has 3 aromatic carbocycles. The maximum absolute atomic E-state index is 13.9. The highest BCUT2D eigenvalue weighted by Crippen LogP contribution is 2.43. The van der Waals surface area contributed by atoms with E-state index in [1.54, 1.807) is 57.4 Å². The van der Waals surface area contributed by atoms with Crippen molar-refractivity contribution < 1.29 is 28.6 Å². The van der Waals surface area contributed by atoms with Crippen molar-refractivity contribution in [1.29, 1.82) is 0 Å². The van der Waals surface area contributed by atoms with Crippen molar-refractivity contribution >= 4 is 17.7 Å². The third-order valence-corrected chi connectivity index (χ3v) is 6.73. The van der Waals surface area contributed by atoms with E-state index in [-0.39, 0.29) is 29.0 Å². The first-order chi connectivity index (χ1) is 18.3. The van der Waals surface area contributed by atoms with E-state index in [0.717, 1.165) is 11.3 Å². The predicted molar refractivity (Wildman–Crippen MR) is 142 cm³/mol. The van der Waals surface area contributed by atoms with Gasteiger partial charge in [0.1, 0.15) is 17.4 Å². The molecule has 1 aliphatic heterocycles. The van der Waals surface area contributed by atoms with Gasteiger partial charge < -0.3 is 18.8 Å². The fourth-order valence-electron chi connectivity index (χ4n) is 4.94. The highest BCUT2D eigenvalue weighted by Gasteiger charge is 2.44. The fraction of sp³-hybridized carbons (Fsp3) is 0.194. The number of nitrogens with zero attached hydrogens (tertiary/aromatic N) is 1. The van der Waals surface area contributed by atoms with E-state index in [9.17, 15) is 14.4 Å². The van der Waals surface area contributed by atoms with Crippen LogP contribution >= 0.6 is 0 Å². The highest BCUT2D eigenvalue weighted by molar-refractivity contribution is 6.19. The second kappa shape index (κ2) is 10.0. The van der Waals surface area contributed by atoms with Gasteiger partial charge in [-0.15, -0.1) is 0 Å². The molecule has 0 saturated heterocycles. The monoisotopic (exact) mass is 509 g/mol. The van der Waals surface area contributed by atoms with Crippen molar-refractivity contribution in [3.05, 3.63) is 101 Å². The quantitative estimate of drug-likeness (QED) is 0.185. The van der Waals surface area contributed by atoms with Gasteiger partial charge in [0.05, 0.1) is 30.5 Å². The number of methoxy groups -OCH3 is 1. The number of carbonyl (C=O) groups is 3. The van der Waals surface area contributed by atoms with E-state index >= 15 is 0 Å². The highest BCUT2D eigenvalue weighted by atomic mass is 16.5. The number of fused-ring (bicyclic) bond motifs is 1. The molecule has 192 valence electrons. The SMILES string of the molecule is CCOC(=O)c1c(C2C(=O)Oc3ccccc3C2=O)c(-c2ccc(OC)cc2)n(-c2ccc(C)cc2)c1C. The molecule has 0 spiro atoms. The summed E-state index contributed by atoms with van der Waals surface area (Å²) in [5, 5.41) is 0. The molecule has 1 aromatic heterocycles. The lowest BCUT2D eigenvalue weighted by molar-refractivity contribution is -0.135. The van der Waals surface area contributed by atoms with Crippen LogP contribution in [0.2, 0.25) is 0 Å². The molecule has 0 fully saturated rings. The Morgan fingerprint density at radius 3 is 2.29 bits per heavy atom. The summed E-state index contributed by atoms with van der Waals surface area (Å²) in [4.78, 5) is 40.8. The summed E-state index contributed by atoms with van der Waals surface area (Å²) < 4.78 is 18.3. The summed E-state index contributed by atoms with van der Waals surface area (Å²) in [5.41, 5.74) is 4.34. The number of benzene rings is 3. The minimum absolute atomic E-state index is 0.136. The van der Waals surface area contributed by atoms with E-state index in [0.29, 0.717) is 22.7 Å². The summed E-state index contributed by atoms with van der Waals surface area (Å²) in [7, 11) is 1.58. The number of aromatic nitrogens is 1. The number of ketones is 1. The van der Waals surface area contributed by atoms with Crippen LogP contribution in [-0.4, -0.2) is 36.0 Å². The zero-order valence-corrected chi connectivity index (χ0v) is 21.6. The number of hydrogen-bond donors (Lipinski definition) is 0. The Labute approximate surface area is 220 Å². The van der Waals surface area contributed by atoms with Crippen LogP contribution in [0.4, 0.5) is 0 Å². The molecule has 5 rings (SSSR count). The van der Waals surface area contributed by atoms with Gasteiger partial charge in [-0.1, -0.05) is 29.8 Å². The second-order valence-corrected chi connectivity index (χ2v) is 9.06. The topological polar surface area (TPSA) is 83.8 Å². The summed E-state index contributed by atoms with van der Waals surface area (Å²) in [5.74, 6) is -2.29. The maximum atomic E-state index is 13.9. The predicted octanol–water partition coefficient (Wildman–Crippen LogP) is 5.83. The first-order valence-corrected chi connectivity index (χ1v) is 12.3. The van der Waals surface area contributed by atoms with Crippen molar-refractivity contribution in [1.82, 2.24) is 4.57 Å². The van der Waals surface area contributed by atoms with E-state index in [1.165, 1.54) is 0 Å². The van der Waals surface area contributed by atoms with E-state index in [2.05, 4.69) is 0 Å². The Morgan fingerprint density at radius 1 is 0.947 bits per heavy atom. The molecule has 7 nitrogen and oxygen atoms in total. The van der Waals surface area contributed by atoms with Crippen molar-refractivity contribution in [2.24, 2.45) is 0 Å². The van der Waals surface area contributed by atoms with Crippen LogP contribution in [0.25, 0.3) is 16.9 Å². The van der Waals surface area contributed by atoms with Crippen LogP contribution in [0.3, 0.4) is 0 Å². The maximum Gasteiger partial charge on any atom is 0.340 e. The molecule has 0 N–H and O–H groups in total. The van der Waals surface area contributed by atoms with Gasteiger partial charge in [-0.2, -0.15) is 0 Å². The minimum atomic E-state index is -1.35. The average molecular weight is 510 g/mol. The van der Waals surface area contributed by atoms with Gasteiger partial charge in [0.2, 0.25) is 0 Å². The zero-order chi connectivity index (χ0) is 27.0. The third-order valence-electron chi connectivity index (χ3n) is 6.73. The van der Waals surface area contributed by atoms with Crippen LogP contribution < -0.4 is 9.47 Å². The van der Waals surface area contributed by atoms with Crippen LogP contribution in [0.1, 0.15) is 50.4 Å². The molecule has 0 radical (unpaired) electrons. The van der Waals surface area contributed by atoms with Gasteiger partial charge in [0.25, 0.3) is 0 Å².